The molecule has 3 atom stereocenters. The highest BCUT2D eigenvalue weighted by Crippen LogP contribution is 2.27. The monoisotopic (exact) mass is 441 g/mol. The number of aliphatic hydroxyl groups excluding tert-OH is 1. The zero-order valence-corrected chi connectivity index (χ0v) is 18.8. The predicted molar refractivity (Wildman–Crippen MR) is 117 cm³/mol. The molecule has 7 nitrogen and oxygen atoms in total. The third kappa shape index (κ3) is 11.9. The number of hydrogen-bond donors (Lipinski definition) is 2. The Morgan fingerprint density at radius 3 is 2.73 bits per heavy atom. The fourth-order valence-corrected chi connectivity index (χ4v) is 3.51. The Morgan fingerprint density at radius 2 is 2.03 bits per heavy atom. The lowest BCUT2D eigenvalue weighted by Gasteiger charge is -2.13. The highest BCUT2D eigenvalue weighted by atomic mass is 32.2. The van der Waals surface area contributed by atoms with Gasteiger partial charge in [-0.2, -0.15) is 0 Å². The van der Waals surface area contributed by atoms with Crippen molar-refractivity contribution >= 4 is 21.9 Å². The lowest BCUT2D eigenvalue weighted by atomic mass is 9.90. The number of carbonyl (C=O) groups excluding carboxylic acids is 2. The van der Waals surface area contributed by atoms with Gasteiger partial charge in [0.15, 0.2) is 5.78 Å². The molecule has 2 N–H and O–H groups in total. The molecular weight excluding hydrogens is 406 g/mol. The zero-order chi connectivity index (χ0) is 22.4. The molecular formula is C22H35NO6S. The fourth-order valence-electron chi connectivity index (χ4n) is 3.15. The normalized spacial score (nSPS) is 20.3. The van der Waals surface area contributed by atoms with E-state index in [-0.39, 0.29) is 24.2 Å². The van der Waals surface area contributed by atoms with E-state index in [9.17, 15) is 23.1 Å². The fraction of sp³-hybridized carbons (Fsp3) is 0.636. The summed E-state index contributed by atoms with van der Waals surface area (Å²) < 4.78 is 28.2. The van der Waals surface area contributed by atoms with Crippen LogP contribution in [0.5, 0.6) is 0 Å². The van der Waals surface area contributed by atoms with Crippen LogP contribution in [0.2, 0.25) is 0 Å². The van der Waals surface area contributed by atoms with E-state index in [1.165, 1.54) is 0 Å². The van der Waals surface area contributed by atoms with Crippen LogP contribution in [-0.2, 0) is 19.6 Å². The average Bonchev–Trinajstić information content (AvgIpc) is 3.00. The van der Waals surface area contributed by atoms with E-state index in [0.29, 0.717) is 12.8 Å². The molecule has 8 heteroatoms. The summed E-state index contributed by atoms with van der Waals surface area (Å²) in [6.07, 6.45) is 17.5. The molecule has 1 rings (SSSR count). The maximum absolute atomic E-state index is 12.1. The van der Waals surface area contributed by atoms with Gasteiger partial charge in [0.1, 0.15) is 0 Å². The largest absolute Gasteiger partial charge is 0.449 e. The number of rotatable bonds is 14. The first kappa shape index (κ1) is 26.1. The van der Waals surface area contributed by atoms with Crippen LogP contribution < -0.4 is 4.72 Å². The number of amides is 1. The molecule has 0 unspecified atom stereocenters. The Hall–Kier alpha value is -1.93. The summed E-state index contributed by atoms with van der Waals surface area (Å²) in [4.78, 5) is 23.3. The molecule has 0 radical (unpaired) electrons. The minimum atomic E-state index is -3.60. The predicted octanol–water partition coefficient (Wildman–Crippen LogP) is 3.66. The van der Waals surface area contributed by atoms with Crippen molar-refractivity contribution in [3.63, 3.8) is 0 Å². The zero-order valence-electron chi connectivity index (χ0n) is 18.0. The second-order valence-electron chi connectivity index (χ2n) is 7.61. The Kier molecular flexibility index (Phi) is 12.3. The topological polar surface area (TPSA) is 110 Å². The molecule has 0 aromatic carbocycles. The number of hydrogen-bond acceptors (Lipinski definition) is 6. The Morgan fingerprint density at radius 1 is 1.27 bits per heavy atom. The third-order valence-corrected chi connectivity index (χ3v) is 5.33. The van der Waals surface area contributed by atoms with E-state index in [4.69, 9.17) is 4.74 Å². The van der Waals surface area contributed by atoms with Gasteiger partial charge < -0.3 is 9.84 Å². The quantitative estimate of drug-likeness (QED) is 0.314. The first-order chi connectivity index (χ1) is 14.2. The molecule has 0 heterocycles. The van der Waals surface area contributed by atoms with Crippen LogP contribution in [0.1, 0.15) is 58.3 Å². The average molecular weight is 442 g/mol. The molecule has 0 bridgehead atoms. The molecule has 0 aliphatic heterocycles. The minimum Gasteiger partial charge on any atom is -0.449 e. The number of allylic oxidation sites excluding steroid dienone is 5. The molecule has 1 amide bonds. The van der Waals surface area contributed by atoms with E-state index in [2.05, 4.69) is 6.92 Å². The van der Waals surface area contributed by atoms with Gasteiger partial charge in [0.25, 0.3) is 0 Å². The Bertz CT molecular complexity index is 726. The molecule has 0 saturated heterocycles. The van der Waals surface area contributed by atoms with Crippen LogP contribution in [-0.4, -0.2) is 44.4 Å². The van der Waals surface area contributed by atoms with Crippen molar-refractivity contribution < 1.29 is 27.9 Å². The summed E-state index contributed by atoms with van der Waals surface area (Å²) in [7, 11) is -3.60. The van der Waals surface area contributed by atoms with Gasteiger partial charge in [-0.15, -0.1) is 0 Å². The standard InChI is InChI=1S/C22H35NO6S/c1-3-4-8-11-19(24)15-13-18-14-16-21(25)20(18)12-9-6-5-7-10-17-29-22(26)23-30(2,27)28/h6,9,13-16,18-20,24H,3-5,7-8,10-12,17H2,1-2H3,(H,23,26)/b9-6-,15-13+/t18-,19-,20+/m0/s1. The van der Waals surface area contributed by atoms with E-state index in [1.54, 1.807) is 16.9 Å². The van der Waals surface area contributed by atoms with Gasteiger partial charge in [0, 0.05) is 11.8 Å². The second kappa shape index (κ2) is 14.1. The van der Waals surface area contributed by atoms with Crippen molar-refractivity contribution in [2.45, 2.75) is 64.4 Å². The summed E-state index contributed by atoms with van der Waals surface area (Å²) in [5.41, 5.74) is 0. The van der Waals surface area contributed by atoms with E-state index < -0.39 is 22.2 Å². The van der Waals surface area contributed by atoms with E-state index >= 15 is 0 Å². The van der Waals surface area contributed by atoms with Crippen molar-refractivity contribution in [2.24, 2.45) is 11.8 Å². The molecule has 0 saturated carbocycles. The van der Waals surface area contributed by atoms with E-state index in [1.807, 2.05) is 24.3 Å². The lowest BCUT2D eigenvalue weighted by molar-refractivity contribution is -0.117. The Balaban J connectivity index is 2.25. The van der Waals surface area contributed by atoms with Gasteiger partial charge in [0.2, 0.25) is 10.0 Å². The molecule has 0 spiro atoms. The Labute approximate surface area is 180 Å². The van der Waals surface area contributed by atoms with Gasteiger partial charge in [-0.1, -0.05) is 56.6 Å². The number of unbranched alkanes of at least 4 members (excludes halogenated alkanes) is 4. The van der Waals surface area contributed by atoms with Gasteiger partial charge in [0.05, 0.1) is 19.0 Å². The first-order valence-electron chi connectivity index (χ1n) is 10.6. The van der Waals surface area contributed by atoms with Crippen molar-refractivity contribution in [1.82, 2.24) is 4.72 Å². The maximum atomic E-state index is 12.1. The van der Waals surface area contributed by atoms with Crippen molar-refractivity contribution in [3.8, 4) is 0 Å². The summed E-state index contributed by atoms with van der Waals surface area (Å²) in [6, 6.07) is 0. The third-order valence-electron chi connectivity index (χ3n) is 4.80. The van der Waals surface area contributed by atoms with Gasteiger partial charge in [-0.3, -0.25) is 4.79 Å². The van der Waals surface area contributed by atoms with Crippen molar-refractivity contribution in [2.75, 3.05) is 12.9 Å². The molecule has 1 aliphatic carbocycles. The highest BCUT2D eigenvalue weighted by Gasteiger charge is 2.27. The van der Waals surface area contributed by atoms with Gasteiger partial charge in [-0.05, 0) is 38.2 Å². The molecule has 170 valence electrons. The number of ketones is 1. The number of ether oxygens (including phenoxy) is 1. The summed E-state index contributed by atoms with van der Waals surface area (Å²) in [5, 5.41) is 10.0. The SMILES string of the molecule is CCCCC[C@H](O)/C=C/[C@H]1C=CC(=O)[C@@H]1C/C=C\CCCCOC(=O)NS(C)(=O)=O. The first-order valence-corrected chi connectivity index (χ1v) is 12.5. The molecule has 30 heavy (non-hydrogen) atoms. The molecule has 0 aromatic heterocycles. The van der Waals surface area contributed by atoms with Crippen molar-refractivity contribution in [1.29, 1.82) is 0 Å². The maximum Gasteiger partial charge on any atom is 0.420 e. The van der Waals surface area contributed by atoms with E-state index in [0.717, 1.165) is 44.8 Å². The van der Waals surface area contributed by atoms with Crippen LogP contribution >= 0.6 is 0 Å². The van der Waals surface area contributed by atoms with Crippen LogP contribution in [0, 0.1) is 11.8 Å². The molecule has 0 fully saturated rings. The van der Waals surface area contributed by atoms with Crippen LogP contribution in [0.15, 0.2) is 36.5 Å². The molecule has 0 aromatic rings. The number of carbonyl (C=O) groups is 2. The smallest absolute Gasteiger partial charge is 0.420 e. The summed E-state index contributed by atoms with van der Waals surface area (Å²) >= 11 is 0. The number of sulfonamides is 1. The van der Waals surface area contributed by atoms with Gasteiger partial charge in [-0.25, -0.2) is 17.9 Å². The number of aliphatic hydroxyl groups is 1. The van der Waals surface area contributed by atoms with Crippen LogP contribution in [0.3, 0.4) is 0 Å². The lowest BCUT2D eigenvalue weighted by Crippen LogP contribution is -2.30. The van der Waals surface area contributed by atoms with Crippen LogP contribution in [0.4, 0.5) is 4.79 Å². The molecule has 1 aliphatic rings. The summed E-state index contributed by atoms with van der Waals surface area (Å²) in [5.74, 6) is 0.00755. The minimum absolute atomic E-state index is 0.0183. The summed E-state index contributed by atoms with van der Waals surface area (Å²) in [6.45, 7) is 2.28. The highest BCUT2D eigenvalue weighted by molar-refractivity contribution is 7.89. The van der Waals surface area contributed by atoms with Crippen LogP contribution in [0.25, 0.3) is 0 Å². The van der Waals surface area contributed by atoms with Gasteiger partial charge >= 0.3 is 6.09 Å². The number of nitrogens with one attached hydrogen (secondary N) is 1. The van der Waals surface area contributed by atoms with Crippen molar-refractivity contribution in [3.05, 3.63) is 36.5 Å². The second-order valence-corrected chi connectivity index (χ2v) is 9.35.